The van der Waals surface area contributed by atoms with E-state index in [1.807, 2.05) is 24.3 Å². The molecule has 4 rings (SSSR count). The van der Waals surface area contributed by atoms with Crippen molar-refractivity contribution in [3.8, 4) is 17.2 Å². The molecule has 28 heavy (non-hydrogen) atoms. The van der Waals surface area contributed by atoms with Gasteiger partial charge in [-0.25, -0.2) is 18.7 Å². The maximum absolute atomic E-state index is 14.2. The maximum atomic E-state index is 14.2. The number of aromatic nitrogens is 2. The minimum atomic E-state index is -0.626. The maximum Gasteiger partial charge on any atom is 0.141 e. The standard InChI is InChI=1S/C22H14F2N4/c23-16-4-7-18(20(24)12-16)15-3-8-21-19(11-15)22(27-13-26-21)28-17-5-1-14(2-6-17)9-10-25/h1-8,11-13H,9H2,(H,26,27,28). The van der Waals surface area contributed by atoms with Crippen LogP contribution in [0, 0.1) is 23.0 Å². The number of nitriles is 1. The van der Waals surface area contributed by atoms with E-state index in [1.165, 1.54) is 18.5 Å². The zero-order valence-corrected chi connectivity index (χ0v) is 14.7. The molecule has 0 amide bonds. The van der Waals surface area contributed by atoms with Crippen LogP contribution in [0.15, 0.2) is 67.0 Å². The highest BCUT2D eigenvalue weighted by Gasteiger charge is 2.10. The van der Waals surface area contributed by atoms with Crippen LogP contribution >= 0.6 is 0 Å². The van der Waals surface area contributed by atoms with Crippen molar-refractivity contribution in [2.24, 2.45) is 0 Å². The lowest BCUT2D eigenvalue weighted by Crippen LogP contribution is -1.97. The third kappa shape index (κ3) is 3.51. The number of nitrogens with zero attached hydrogens (tertiary/aromatic N) is 3. The number of benzene rings is 3. The Kier molecular flexibility index (Phi) is 4.65. The van der Waals surface area contributed by atoms with Crippen LogP contribution in [0.4, 0.5) is 20.3 Å². The van der Waals surface area contributed by atoms with Crippen LogP contribution in [0.25, 0.3) is 22.0 Å². The molecule has 0 aliphatic heterocycles. The second-order valence-electron chi connectivity index (χ2n) is 6.24. The van der Waals surface area contributed by atoms with E-state index in [0.29, 0.717) is 34.3 Å². The first-order chi connectivity index (χ1) is 13.6. The molecular formula is C22H14F2N4. The quantitative estimate of drug-likeness (QED) is 0.522. The molecule has 3 aromatic carbocycles. The SMILES string of the molecule is N#CCc1ccc(Nc2ncnc3ccc(-c4ccc(F)cc4F)cc23)cc1. The van der Waals surface area contributed by atoms with Crippen LogP contribution < -0.4 is 5.32 Å². The fourth-order valence-corrected chi connectivity index (χ4v) is 2.98. The van der Waals surface area contributed by atoms with Gasteiger partial charge in [0.05, 0.1) is 18.0 Å². The van der Waals surface area contributed by atoms with Crippen molar-refractivity contribution in [1.82, 2.24) is 9.97 Å². The van der Waals surface area contributed by atoms with E-state index in [1.54, 1.807) is 18.2 Å². The highest BCUT2D eigenvalue weighted by molar-refractivity contribution is 5.93. The molecule has 6 heteroatoms. The van der Waals surface area contributed by atoms with Crippen molar-refractivity contribution in [2.45, 2.75) is 6.42 Å². The van der Waals surface area contributed by atoms with E-state index >= 15 is 0 Å². The zero-order chi connectivity index (χ0) is 19.5. The summed E-state index contributed by atoms with van der Waals surface area (Å²) in [5.41, 5.74) is 3.34. The molecular weight excluding hydrogens is 358 g/mol. The van der Waals surface area contributed by atoms with Gasteiger partial charge < -0.3 is 5.32 Å². The third-order valence-electron chi connectivity index (χ3n) is 4.38. The summed E-state index contributed by atoms with van der Waals surface area (Å²) in [4.78, 5) is 8.56. The van der Waals surface area contributed by atoms with E-state index in [4.69, 9.17) is 5.26 Å². The van der Waals surface area contributed by atoms with Crippen molar-refractivity contribution in [1.29, 1.82) is 5.26 Å². The summed E-state index contributed by atoms with van der Waals surface area (Å²) in [6.45, 7) is 0. The Bertz CT molecular complexity index is 1200. The summed E-state index contributed by atoms with van der Waals surface area (Å²) >= 11 is 0. The predicted molar refractivity (Wildman–Crippen MR) is 104 cm³/mol. The highest BCUT2D eigenvalue weighted by Crippen LogP contribution is 2.30. The Hall–Kier alpha value is -3.85. The van der Waals surface area contributed by atoms with Gasteiger partial charge in [-0.3, -0.25) is 0 Å². The van der Waals surface area contributed by atoms with E-state index in [2.05, 4.69) is 21.4 Å². The van der Waals surface area contributed by atoms with Crippen LogP contribution in [0.2, 0.25) is 0 Å². The van der Waals surface area contributed by atoms with Gasteiger partial charge in [-0.2, -0.15) is 5.26 Å². The summed E-state index contributed by atoms with van der Waals surface area (Å²) < 4.78 is 27.4. The summed E-state index contributed by atoms with van der Waals surface area (Å²) in [5.74, 6) is -0.672. The average Bonchev–Trinajstić information content (AvgIpc) is 2.70. The molecule has 136 valence electrons. The summed E-state index contributed by atoms with van der Waals surface area (Å²) in [7, 11) is 0. The van der Waals surface area contributed by atoms with Crippen LogP contribution in [0.1, 0.15) is 5.56 Å². The predicted octanol–water partition coefficient (Wildman–Crippen LogP) is 5.38. The van der Waals surface area contributed by atoms with Crippen LogP contribution in [0.5, 0.6) is 0 Å². The zero-order valence-electron chi connectivity index (χ0n) is 14.7. The van der Waals surface area contributed by atoms with Gasteiger partial charge in [0.2, 0.25) is 0 Å². The molecule has 1 heterocycles. The van der Waals surface area contributed by atoms with E-state index in [9.17, 15) is 8.78 Å². The average molecular weight is 372 g/mol. The van der Waals surface area contributed by atoms with Crippen molar-refractivity contribution in [3.63, 3.8) is 0 Å². The number of anilines is 2. The molecule has 0 spiro atoms. The lowest BCUT2D eigenvalue weighted by molar-refractivity contribution is 0.585. The molecule has 0 aliphatic carbocycles. The van der Waals surface area contributed by atoms with E-state index < -0.39 is 11.6 Å². The molecule has 0 aliphatic rings. The van der Waals surface area contributed by atoms with Gasteiger partial charge in [0.1, 0.15) is 23.8 Å². The van der Waals surface area contributed by atoms with E-state index in [0.717, 1.165) is 17.3 Å². The fourth-order valence-electron chi connectivity index (χ4n) is 2.98. The van der Waals surface area contributed by atoms with Gasteiger partial charge in [-0.1, -0.05) is 18.2 Å². The number of nitrogens with one attached hydrogen (secondary N) is 1. The van der Waals surface area contributed by atoms with Crippen molar-refractivity contribution >= 4 is 22.4 Å². The fraction of sp³-hybridized carbons (Fsp3) is 0.0455. The second kappa shape index (κ2) is 7.41. The van der Waals surface area contributed by atoms with Gasteiger partial charge >= 0.3 is 0 Å². The van der Waals surface area contributed by atoms with Gasteiger partial charge in [0.25, 0.3) is 0 Å². The van der Waals surface area contributed by atoms with Crippen LogP contribution in [0.3, 0.4) is 0 Å². The van der Waals surface area contributed by atoms with Gasteiger partial charge in [0, 0.05) is 22.7 Å². The molecule has 1 aromatic heterocycles. The molecule has 0 radical (unpaired) electrons. The van der Waals surface area contributed by atoms with Crippen molar-refractivity contribution in [2.75, 3.05) is 5.32 Å². The van der Waals surface area contributed by atoms with E-state index in [-0.39, 0.29) is 0 Å². The van der Waals surface area contributed by atoms with Gasteiger partial charge in [-0.05, 0) is 47.5 Å². The number of hydrogen-bond donors (Lipinski definition) is 1. The van der Waals surface area contributed by atoms with Gasteiger partial charge in [0.15, 0.2) is 0 Å². The third-order valence-corrected chi connectivity index (χ3v) is 4.38. The Balaban J connectivity index is 1.73. The minimum Gasteiger partial charge on any atom is -0.340 e. The first-order valence-electron chi connectivity index (χ1n) is 8.57. The molecule has 0 saturated heterocycles. The molecule has 0 saturated carbocycles. The second-order valence-corrected chi connectivity index (χ2v) is 6.24. The van der Waals surface area contributed by atoms with Crippen LogP contribution in [-0.4, -0.2) is 9.97 Å². The number of halogens is 2. The molecule has 0 atom stereocenters. The topological polar surface area (TPSA) is 61.6 Å². The molecule has 0 unspecified atom stereocenters. The molecule has 4 aromatic rings. The lowest BCUT2D eigenvalue weighted by atomic mass is 10.0. The van der Waals surface area contributed by atoms with Crippen LogP contribution in [-0.2, 0) is 6.42 Å². The smallest absolute Gasteiger partial charge is 0.141 e. The Morgan fingerprint density at radius 3 is 2.50 bits per heavy atom. The van der Waals surface area contributed by atoms with Crippen molar-refractivity contribution in [3.05, 3.63) is 84.2 Å². The largest absolute Gasteiger partial charge is 0.340 e. The van der Waals surface area contributed by atoms with Gasteiger partial charge in [-0.15, -0.1) is 0 Å². The number of hydrogen-bond acceptors (Lipinski definition) is 4. The first-order valence-corrected chi connectivity index (χ1v) is 8.57. The molecule has 0 bridgehead atoms. The Morgan fingerprint density at radius 2 is 1.75 bits per heavy atom. The number of rotatable bonds is 4. The number of fused-ring (bicyclic) bond motifs is 1. The molecule has 0 fully saturated rings. The monoisotopic (exact) mass is 372 g/mol. The Labute approximate surface area is 160 Å². The Morgan fingerprint density at radius 1 is 0.929 bits per heavy atom. The minimum absolute atomic E-state index is 0.305. The summed E-state index contributed by atoms with van der Waals surface area (Å²) in [6.07, 6.45) is 1.80. The molecule has 4 nitrogen and oxygen atoms in total. The highest BCUT2D eigenvalue weighted by atomic mass is 19.1. The first kappa shape index (κ1) is 17.6. The molecule has 1 N–H and O–H groups in total. The van der Waals surface area contributed by atoms with Crippen molar-refractivity contribution < 1.29 is 8.78 Å². The summed E-state index contributed by atoms with van der Waals surface area (Å²) in [6, 6.07) is 18.4. The lowest BCUT2D eigenvalue weighted by Gasteiger charge is -2.11. The normalized spacial score (nSPS) is 10.6. The summed E-state index contributed by atoms with van der Waals surface area (Å²) in [5, 5.41) is 12.7.